The highest BCUT2D eigenvalue weighted by atomic mass is 79.9. The normalized spacial score (nSPS) is 14.1. The zero-order valence-electron chi connectivity index (χ0n) is 10.8. The first-order valence-corrected chi connectivity index (χ1v) is 6.44. The molecule has 0 saturated carbocycles. The fraction of sp³-hybridized carbons (Fsp3) is 0.500. The number of benzene rings is 1. The fourth-order valence-electron chi connectivity index (χ4n) is 1.40. The van der Waals surface area contributed by atoms with E-state index in [0.717, 1.165) is 12.1 Å². The second-order valence-electron chi connectivity index (χ2n) is 4.05. The molecule has 0 saturated heterocycles. The maximum absolute atomic E-state index is 13.1. The van der Waals surface area contributed by atoms with E-state index in [4.69, 9.17) is 9.47 Å². The van der Waals surface area contributed by atoms with Crippen molar-refractivity contribution in [2.24, 2.45) is 0 Å². The molecule has 1 aromatic rings. The van der Waals surface area contributed by atoms with Crippen molar-refractivity contribution in [1.82, 2.24) is 0 Å². The minimum atomic E-state index is -5.84. The van der Waals surface area contributed by atoms with Crippen LogP contribution >= 0.6 is 15.9 Å². The number of aliphatic hydroxyl groups excluding tert-OH is 1. The molecular formula is C12H12BrF5O3. The second-order valence-corrected chi connectivity index (χ2v) is 4.91. The van der Waals surface area contributed by atoms with Gasteiger partial charge in [0.2, 0.25) is 0 Å². The summed E-state index contributed by atoms with van der Waals surface area (Å²) < 4.78 is 72.8. The first-order valence-electron chi connectivity index (χ1n) is 5.65. The van der Waals surface area contributed by atoms with E-state index in [-0.39, 0.29) is 23.4 Å². The Morgan fingerprint density at radius 1 is 1.19 bits per heavy atom. The van der Waals surface area contributed by atoms with Crippen molar-refractivity contribution in [2.45, 2.75) is 18.2 Å². The van der Waals surface area contributed by atoms with E-state index in [2.05, 4.69) is 15.9 Å². The molecule has 0 spiro atoms. The van der Waals surface area contributed by atoms with E-state index in [0.29, 0.717) is 0 Å². The summed E-state index contributed by atoms with van der Waals surface area (Å²) in [6.45, 7) is 0.457. The molecule has 1 unspecified atom stereocenters. The summed E-state index contributed by atoms with van der Waals surface area (Å²) in [5.41, 5.74) is -0.580. The monoisotopic (exact) mass is 378 g/mol. The van der Waals surface area contributed by atoms with Crippen molar-refractivity contribution in [1.29, 1.82) is 0 Å². The van der Waals surface area contributed by atoms with Gasteiger partial charge in [-0.2, -0.15) is 22.0 Å². The summed E-state index contributed by atoms with van der Waals surface area (Å²) in [5.74, 6) is -5.01. The van der Waals surface area contributed by atoms with Gasteiger partial charge >= 0.3 is 12.1 Å². The van der Waals surface area contributed by atoms with E-state index in [1.54, 1.807) is 0 Å². The molecule has 1 rings (SSSR count). The molecule has 0 aromatic heterocycles. The molecule has 0 fully saturated rings. The summed E-state index contributed by atoms with van der Waals surface area (Å²) in [7, 11) is 1.46. The highest BCUT2D eigenvalue weighted by molar-refractivity contribution is 9.10. The Kier molecular flexibility index (Phi) is 5.94. The molecule has 0 heterocycles. The first-order chi connectivity index (χ1) is 9.61. The predicted molar refractivity (Wildman–Crippen MR) is 67.5 cm³/mol. The smallest absolute Gasteiger partial charge is 0.456 e. The lowest BCUT2D eigenvalue weighted by molar-refractivity contribution is -0.315. The maximum atomic E-state index is 13.1. The van der Waals surface area contributed by atoms with E-state index in [1.807, 2.05) is 0 Å². The molecular weight excluding hydrogens is 367 g/mol. The zero-order valence-corrected chi connectivity index (χ0v) is 12.3. The Hall–Kier alpha value is -0.930. The molecule has 0 radical (unpaired) electrons. The van der Waals surface area contributed by atoms with Crippen molar-refractivity contribution in [3.63, 3.8) is 0 Å². The van der Waals surface area contributed by atoms with Crippen molar-refractivity contribution >= 4 is 15.9 Å². The van der Waals surface area contributed by atoms with Gasteiger partial charge < -0.3 is 14.6 Å². The third-order valence-electron chi connectivity index (χ3n) is 2.54. The lowest BCUT2D eigenvalue weighted by Gasteiger charge is -2.25. The van der Waals surface area contributed by atoms with Crippen LogP contribution in [-0.2, 0) is 4.74 Å². The number of ether oxygens (including phenoxy) is 2. The van der Waals surface area contributed by atoms with Crippen LogP contribution in [-0.4, -0.2) is 37.5 Å². The second kappa shape index (κ2) is 6.89. The number of aliphatic hydroxyl groups is 1. The molecule has 3 nitrogen and oxygen atoms in total. The molecule has 0 amide bonds. The van der Waals surface area contributed by atoms with Crippen LogP contribution in [0.1, 0.15) is 11.7 Å². The molecule has 120 valence electrons. The average molecular weight is 379 g/mol. The first kappa shape index (κ1) is 18.1. The zero-order chi connectivity index (χ0) is 16.3. The van der Waals surface area contributed by atoms with Gasteiger partial charge in [0.05, 0.1) is 11.1 Å². The van der Waals surface area contributed by atoms with Crippen molar-refractivity contribution < 1.29 is 36.5 Å². The summed E-state index contributed by atoms with van der Waals surface area (Å²) >= 11 is 2.98. The van der Waals surface area contributed by atoms with Gasteiger partial charge in [0.1, 0.15) is 12.4 Å². The van der Waals surface area contributed by atoms with E-state index < -0.39 is 23.8 Å². The topological polar surface area (TPSA) is 38.7 Å². The quantitative estimate of drug-likeness (QED) is 0.605. The molecule has 0 aliphatic rings. The predicted octanol–water partition coefficient (Wildman–Crippen LogP) is 3.71. The number of hydrogen-bond donors (Lipinski definition) is 1. The SMILES string of the molecule is COCCOc1ccc(C(O)C(F)(F)C(F)(F)F)cc1Br. The van der Waals surface area contributed by atoms with E-state index >= 15 is 0 Å². The highest BCUT2D eigenvalue weighted by Crippen LogP contribution is 2.45. The Bertz CT molecular complexity index is 478. The van der Waals surface area contributed by atoms with Crippen LogP contribution in [0.2, 0.25) is 0 Å². The van der Waals surface area contributed by atoms with Crippen LogP contribution < -0.4 is 4.74 Å². The lowest BCUT2D eigenvalue weighted by atomic mass is 10.0. The number of hydrogen-bond acceptors (Lipinski definition) is 3. The third kappa shape index (κ3) is 4.27. The Morgan fingerprint density at radius 2 is 1.81 bits per heavy atom. The summed E-state index contributed by atoms with van der Waals surface area (Å²) in [5, 5.41) is 9.26. The van der Waals surface area contributed by atoms with Gasteiger partial charge in [0.25, 0.3) is 0 Å². The Morgan fingerprint density at radius 3 is 2.29 bits per heavy atom. The summed E-state index contributed by atoms with van der Waals surface area (Å²) in [6, 6.07) is 3.08. The minimum Gasteiger partial charge on any atom is -0.490 e. The minimum absolute atomic E-state index is 0.146. The van der Waals surface area contributed by atoms with Gasteiger partial charge in [-0.15, -0.1) is 0 Å². The van der Waals surface area contributed by atoms with Gasteiger partial charge in [-0.05, 0) is 33.6 Å². The van der Waals surface area contributed by atoms with E-state index in [9.17, 15) is 27.1 Å². The molecule has 1 N–H and O–H groups in total. The van der Waals surface area contributed by atoms with Gasteiger partial charge in [-0.3, -0.25) is 0 Å². The van der Waals surface area contributed by atoms with Crippen LogP contribution in [0.15, 0.2) is 22.7 Å². The molecule has 0 bridgehead atoms. The van der Waals surface area contributed by atoms with Crippen LogP contribution in [0.25, 0.3) is 0 Å². The van der Waals surface area contributed by atoms with Crippen LogP contribution in [0.3, 0.4) is 0 Å². The molecule has 1 aromatic carbocycles. The van der Waals surface area contributed by atoms with Gasteiger partial charge in [-0.1, -0.05) is 6.07 Å². The van der Waals surface area contributed by atoms with Gasteiger partial charge in [0, 0.05) is 7.11 Å². The van der Waals surface area contributed by atoms with Crippen molar-refractivity contribution in [3.05, 3.63) is 28.2 Å². The molecule has 1 atom stereocenters. The summed E-state index contributed by atoms with van der Waals surface area (Å²) in [6.07, 6.45) is -8.84. The number of rotatable bonds is 6. The maximum Gasteiger partial charge on any atom is 0.456 e. The molecule has 21 heavy (non-hydrogen) atoms. The number of alkyl halides is 5. The Labute approximate surface area is 125 Å². The highest BCUT2D eigenvalue weighted by Gasteiger charge is 2.62. The summed E-state index contributed by atoms with van der Waals surface area (Å²) in [4.78, 5) is 0. The average Bonchev–Trinajstić information content (AvgIpc) is 2.38. The van der Waals surface area contributed by atoms with Crippen LogP contribution in [0.4, 0.5) is 22.0 Å². The fourth-order valence-corrected chi connectivity index (χ4v) is 1.91. The molecule has 0 aliphatic carbocycles. The van der Waals surface area contributed by atoms with E-state index in [1.165, 1.54) is 13.2 Å². The van der Waals surface area contributed by atoms with Crippen LogP contribution in [0, 0.1) is 0 Å². The van der Waals surface area contributed by atoms with Gasteiger partial charge in [-0.25, -0.2) is 0 Å². The largest absolute Gasteiger partial charge is 0.490 e. The van der Waals surface area contributed by atoms with Gasteiger partial charge in [0.15, 0.2) is 6.10 Å². The van der Waals surface area contributed by atoms with Crippen LogP contribution in [0.5, 0.6) is 5.75 Å². The Balaban J connectivity index is 2.93. The third-order valence-corrected chi connectivity index (χ3v) is 3.16. The number of methoxy groups -OCH3 is 1. The van der Waals surface area contributed by atoms with Crippen molar-refractivity contribution in [3.8, 4) is 5.75 Å². The molecule has 9 heteroatoms. The number of halogens is 6. The van der Waals surface area contributed by atoms with Crippen molar-refractivity contribution in [2.75, 3.05) is 20.3 Å². The standard InChI is InChI=1S/C12H12BrF5O3/c1-20-4-5-21-9-3-2-7(6-8(9)13)10(19)11(14,15)12(16,17)18/h2-3,6,10,19H,4-5H2,1H3. The lowest BCUT2D eigenvalue weighted by Crippen LogP contribution is -2.42. The molecule has 0 aliphatic heterocycles.